The van der Waals surface area contributed by atoms with Crippen LogP contribution in [-0.2, 0) is 19.0 Å². The summed E-state index contributed by atoms with van der Waals surface area (Å²) in [4.78, 5) is 11.1. The van der Waals surface area contributed by atoms with E-state index in [0.29, 0.717) is 38.9 Å². The smallest absolute Gasteiger partial charge is 0.332 e. The molecule has 0 aromatic rings. The quantitative estimate of drug-likeness (QED) is 0.441. The number of hydrogen-bond donors (Lipinski definition) is 1. The van der Waals surface area contributed by atoms with E-state index >= 15 is 0 Å². The van der Waals surface area contributed by atoms with Crippen molar-refractivity contribution in [1.29, 1.82) is 0 Å². The number of rotatable bonds is 10. The van der Waals surface area contributed by atoms with Crippen molar-refractivity contribution in [2.24, 2.45) is 11.7 Å². The third kappa shape index (κ3) is 11.4. The Balaban J connectivity index is 3.15. The van der Waals surface area contributed by atoms with Gasteiger partial charge in [0.2, 0.25) is 0 Å². The second-order valence-corrected chi connectivity index (χ2v) is 3.88. The maximum absolute atomic E-state index is 11.1. The first-order chi connectivity index (χ1) is 7.66. The first-order valence-electron chi connectivity index (χ1n) is 5.68. The second kappa shape index (κ2) is 10.9. The van der Waals surface area contributed by atoms with Crippen LogP contribution in [0.15, 0.2) is 0 Å². The predicted octanol–water partition coefficient (Wildman–Crippen LogP) is 0.568. The molecule has 0 amide bonds. The summed E-state index contributed by atoms with van der Waals surface area (Å²) in [5, 5.41) is 0. The monoisotopic (exact) mass is 233 g/mol. The molecule has 0 aromatic carbocycles. The minimum atomic E-state index is -0.309. The maximum atomic E-state index is 11.1. The molecule has 0 spiro atoms. The molecule has 0 radical (unpaired) electrons. The van der Waals surface area contributed by atoms with E-state index in [0.717, 1.165) is 6.42 Å². The number of carbonyl (C=O) groups excluding carboxylic acids is 1. The fraction of sp³-hybridized carbons (Fsp3) is 0.909. The summed E-state index contributed by atoms with van der Waals surface area (Å²) in [5.41, 5.74) is 5.25. The summed E-state index contributed by atoms with van der Waals surface area (Å²) in [7, 11) is 0. The van der Waals surface area contributed by atoms with Crippen LogP contribution < -0.4 is 5.73 Å². The van der Waals surface area contributed by atoms with E-state index in [1.54, 1.807) is 0 Å². The fourth-order valence-corrected chi connectivity index (χ4v) is 0.905. The first kappa shape index (κ1) is 15.3. The number of ether oxygens (including phenoxy) is 3. The molecule has 0 aliphatic rings. The number of carbonyl (C=O) groups is 1. The Morgan fingerprint density at radius 3 is 2.50 bits per heavy atom. The maximum Gasteiger partial charge on any atom is 0.332 e. The normalized spacial score (nSPS) is 10.8. The topological polar surface area (TPSA) is 70.8 Å². The van der Waals surface area contributed by atoms with E-state index in [9.17, 15) is 4.79 Å². The lowest BCUT2D eigenvalue weighted by Crippen LogP contribution is -2.16. The van der Waals surface area contributed by atoms with Crippen molar-refractivity contribution in [3.05, 3.63) is 0 Å². The van der Waals surface area contributed by atoms with E-state index in [4.69, 9.17) is 19.9 Å². The largest absolute Gasteiger partial charge is 0.464 e. The zero-order valence-corrected chi connectivity index (χ0v) is 10.2. The van der Waals surface area contributed by atoms with Crippen molar-refractivity contribution in [3.8, 4) is 0 Å². The van der Waals surface area contributed by atoms with Crippen molar-refractivity contribution < 1.29 is 19.0 Å². The summed E-state index contributed by atoms with van der Waals surface area (Å²) in [6, 6.07) is 0. The lowest BCUT2D eigenvalue weighted by atomic mass is 10.2. The summed E-state index contributed by atoms with van der Waals surface area (Å²) < 4.78 is 15.2. The fourth-order valence-electron chi connectivity index (χ4n) is 0.905. The van der Waals surface area contributed by atoms with Crippen molar-refractivity contribution in [1.82, 2.24) is 0 Å². The number of hydrogen-bond acceptors (Lipinski definition) is 5. The van der Waals surface area contributed by atoms with E-state index in [2.05, 4.69) is 0 Å². The molecule has 0 saturated heterocycles. The Bertz CT molecular complexity index is 173. The Kier molecular flexibility index (Phi) is 10.4. The Morgan fingerprint density at radius 1 is 1.19 bits per heavy atom. The van der Waals surface area contributed by atoms with Crippen molar-refractivity contribution in [2.45, 2.75) is 20.3 Å². The molecule has 0 aliphatic carbocycles. The molecule has 0 bridgehead atoms. The standard InChI is InChI=1S/C11H23NO4/c1-10(2)8-16-11(13)9-15-6-3-5-14-7-4-12/h10H,3-9,12H2,1-2H3. The molecular weight excluding hydrogens is 210 g/mol. The van der Waals surface area contributed by atoms with Gasteiger partial charge in [-0.15, -0.1) is 0 Å². The van der Waals surface area contributed by atoms with E-state index in [1.165, 1.54) is 0 Å². The van der Waals surface area contributed by atoms with Crippen LogP contribution in [0.5, 0.6) is 0 Å². The Morgan fingerprint density at radius 2 is 1.88 bits per heavy atom. The minimum absolute atomic E-state index is 0.0175. The molecule has 0 unspecified atom stereocenters. The third-order valence-corrected chi connectivity index (χ3v) is 1.64. The van der Waals surface area contributed by atoms with E-state index < -0.39 is 0 Å². The predicted molar refractivity (Wildman–Crippen MR) is 61.1 cm³/mol. The van der Waals surface area contributed by atoms with Crippen LogP contribution in [0.1, 0.15) is 20.3 Å². The molecule has 0 aromatic heterocycles. The lowest BCUT2D eigenvalue weighted by molar-refractivity contribution is -0.150. The second-order valence-electron chi connectivity index (χ2n) is 3.88. The van der Waals surface area contributed by atoms with E-state index in [-0.39, 0.29) is 12.6 Å². The molecule has 16 heavy (non-hydrogen) atoms. The highest BCUT2D eigenvalue weighted by molar-refractivity contribution is 5.70. The van der Waals surface area contributed by atoms with Gasteiger partial charge in [-0.3, -0.25) is 0 Å². The van der Waals surface area contributed by atoms with Crippen LogP contribution in [0.3, 0.4) is 0 Å². The third-order valence-electron chi connectivity index (χ3n) is 1.64. The van der Waals surface area contributed by atoms with Crippen LogP contribution in [0.4, 0.5) is 0 Å². The van der Waals surface area contributed by atoms with Crippen LogP contribution in [0.2, 0.25) is 0 Å². The molecule has 5 nitrogen and oxygen atoms in total. The Labute approximate surface area is 97.2 Å². The van der Waals surface area contributed by atoms with Gasteiger partial charge in [0.25, 0.3) is 0 Å². The molecule has 96 valence electrons. The van der Waals surface area contributed by atoms with Gasteiger partial charge >= 0.3 is 5.97 Å². The zero-order chi connectivity index (χ0) is 12.2. The Hall–Kier alpha value is -0.650. The SMILES string of the molecule is CC(C)COC(=O)COCCCOCCN. The van der Waals surface area contributed by atoms with Crippen molar-refractivity contribution in [2.75, 3.05) is 39.6 Å². The molecule has 0 aliphatic heterocycles. The minimum Gasteiger partial charge on any atom is -0.464 e. The van der Waals surface area contributed by atoms with Gasteiger partial charge in [-0.05, 0) is 12.3 Å². The average molecular weight is 233 g/mol. The molecule has 5 heteroatoms. The van der Waals surface area contributed by atoms with Gasteiger partial charge in [0.15, 0.2) is 0 Å². The summed E-state index contributed by atoms with van der Waals surface area (Å²) in [5.74, 6) is 0.0465. The van der Waals surface area contributed by atoms with Crippen LogP contribution >= 0.6 is 0 Å². The highest BCUT2D eigenvalue weighted by atomic mass is 16.6. The summed E-state index contributed by atoms with van der Waals surface area (Å²) in [6.45, 7) is 6.65. The van der Waals surface area contributed by atoms with Crippen LogP contribution in [0.25, 0.3) is 0 Å². The first-order valence-corrected chi connectivity index (χ1v) is 5.68. The van der Waals surface area contributed by atoms with Crippen molar-refractivity contribution >= 4 is 5.97 Å². The number of esters is 1. The summed E-state index contributed by atoms with van der Waals surface area (Å²) in [6.07, 6.45) is 0.761. The highest BCUT2D eigenvalue weighted by Gasteiger charge is 2.03. The molecule has 0 saturated carbocycles. The van der Waals surface area contributed by atoms with Gasteiger partial charge in [-0.2, -0.15) is 0 Å². The average Bonchev–Trinajstić information content (AvgIpc) is 2.25. The van der Waals surface area contributed by atoms with Crippen LogP contribution in [-0.4, -0.2) is 45.5 Å². The molecule has 0 fully saturated rings. The number of nitrogens with two attached hydrogens (primary N) is 1. The molecule has 0 heterocycles. The van der Waals surface area contributed by atoms with Crippen LogP contribution in [0, 0.1) is 5.92 Å². The van der Waals surface area contributed by atoms with Gasteiger partial charge in [0, 0.05) is 19.8 Å². The zero-order valence-electron chi connectivity index (χ0n) is 10.2. The van der Waals surface area contributed by atoms with Gasteiger partial charge in [0.05, 0.1) is 13.2 Å². The van der Waals surface area contributed by atoms with Gasteiger partial charge in [-0.1, -0.05) is 13.8 Å². The summed E-state index contributed by atoms with van der Waals surface area (Å²) >= 11 is 0. The van der Waals surface area contributed by atoms with Gasteiger partial charge in [-0.25, -0.2) is 4.79 Å². The molecule has 0 rings (SSSR count). The molecule has 2 N–H and O–H groups in total. The highest BCUT2D eigenvalue weighted by Crippen LogP contribution is 1.93. The lowest BCUT2D eigenvalue weighted by Gasteiger charge is -2.07. The molecule has 0 atom stereocenters. The van der Waals surface area contributed by atoms with Gasteiger partial charge in [0.1, 0.15) is 6.61 Å². The van der Waals surface area contributed by atoms with Crippen molar-refractivity contribution in [3.63, 3.8) is 0 Å². The van der Waals surface area contributed by atoms with Gasteiger partial charge < -0.3 is 19.9 Å². The van der Waals surface area contributed by atoms with E-state index in [1.807, 2.05) is 13.8 Å². The molecular formula is C11H23NO4.